The maximum Gasteiger partial charge on any atom is 0.234 e. The number of nitrogens with zero attached hydrogens (tertiary/aromatic N) is 3. The predicted molar refractivity (Wildman–Crippen MR) is 119 cm³/mol. The van der Waals surface area contributed by atoms with Crippen LogP contribution in [-0.4, -0.2) is 33.5 Å². The summed E-state index contributed by atoms with van der Waals surface area (Å²) in [6.07, 6.45) is 0. The van der Waals surface area contributed by atoms with Gasteiger partial charge < -0.3 is 10.1 Å². The van der Waals surface area contributed by atoms with Gasteiger partial charge in [-0.25, -0.2) is 8.78 Å². The van der Waals surface area contributed by atoms with E-state index in [-0.39, 0.29) is 17.3 Å². The molecule has 32 heavy (non-hydrogen) atoms. The van der Waals surface area contributed by atoms with Crippen molar-refractivity contribution in [2.75, 3.05) is 18.2 Å². The zero-order valence-electron chi connectivity index (χ0n) is 17.0. The Kier molecular flexibility index (Phi) is 6.46. The first-order chi connectivity index (χ1) is 15.6. The molecule has 3 aromatic carbocycles. The third kappa shape index (κ3) is 4.62. The summed E-state index contributed by atoms with van der Waals surface area (Å²) in [6.45, 7) is 0. The molecule has 0 radical (unpaired) electrons. The first kappa shape index (κ1) is 21.5. The molecule has 0 aliphatic rings. The van der Waals surface area contributed by atoms with Crippen molar-refractivity contribution in [1.82, 2.24) is 14.8 Å². The Hall–Kier alpha value is -3.72. The number of hydrogen-bond donors (Lipinski definition) is 1. The van der Waals surface area contributed by atoms with Crippen molar-refractivity contribution in [2.45, 2.75) is 5.16 Å². The summed E-state index contributed by atoms with van der Waals surface area (Å²) in [6, 6.07) is 19.4. The maximum absolute atomic E-state index is 14.6. The van der Waals surface area contributed by atoms with E-state index in [9.17, 15) is 13.6 Å². The lowest BCUT2D eigenvalue weighted by Crippen LogP contribution is -2.15. The highest BCUT2D eigenvalue weighted by atomic mass is 32.2. The molecule has 1 N–H and O–H groups in total. The van der Waals surface area contributed by atoms with Crippen molar-refractivity contribution < 1.29 is 18.3 Å². The minimum atomic E-state index is -0.762. The standard InChI is InChI=1S/C23H18F2N4O2S/c1-31-20-10-6-5-9-18(20)26-21(30)14-32-23-28-27-22(15-7-3-2-4-8-15)29(23)19-12-11-16(24)13-17(19)25/h2-13H,14H2,1H3,(H,26,30). The van der Waals surface area contributed by atoms with Gasteiger partial charge in [0.2, 0.25) is 5.91 Å². The highest BCUT2D eigenvalue weighted by Crippen LogP contribution is 2.30. The molecule has 0 spiro atoms. The van der Waals surface area contributed by atoms with Crippen LogP contribution >= 0.6 is 11.8 Å². The first-order valence-electron chi connectivity index (χ1n) is 9.58. The molecule has 9 heteroatoms. The minimum absolute atomic E-state index is 0.00617. The minimum Gasteiger partial charge on any atom is -0.495 e. The molecule has 1 aromatic heterocycles. The van der Waals surface area contributed by atoms with Gasteiger partial charge in [-0.1, -0.05) is 54.2 Å². The van der Waals surface area contributed by atoms with Gasteiger partial charge in [0.05, 0.1) is 24.2 Å². The topological polar surface area (TPSA) is 69.0 Å². The molecular formula is C23H18F2N4O2S. The average Bonchev–Trinajstić information content (AvgIpc) is 3.22. The van der Waals surface area contributed by atoms with E-state index in [0.29, 0.717) is 28.0 Å². The van der Waals surface area contributed by atoms with E-state index in [1.165, 1.54) is 17.7 Å². The van der Waals surface area contributed by atoms with Crippen molar-refractivity contribution in [1.29, 1.82) is 0 Å². The van der Waals surface area contributed by atoms with Gasteiger partial charge in [0, 0.05) is 11.6 Å². The lowest BCUT2D eigenvalue weighted by molar-refractivity contribution is -0.113. The highest BCUT2D eigenvalue weighted by Gasteiger charge is 2.20. The van der Waals surface area contributed by atoms with Gasteiger partial charge >= 0.3 is 0 Å². The molecule has 0 aliphatic carbocycles. The summed E-state index contributed by atoms with van der Waals surface area (Å²) in [5, 5.41) is 11.4. The number of para-hydroxylation sites is 2. The molecule has 0 aliphatic heterocycles. The summed E-state index contributed by atoms with van der Waals surface area (Å²) >= 11 is 1.09. The predicted octanol–water partition coefficient (Wildman–Crippen LogP) is 4.95. The van der Waals surface area contributed by atoms with E-state index in [0.717, 1.165) is 23.9 Å². The molecule has 6 nitrogen and oxygen atoms in total. The smallest absolute Gasteiger partial charge is 0.234 e. The number of hydrogen-bond acceptors (Lipinski definition) is 5. The third-order valence-electron chi connectivity index (χ3n) is 4.53. The molecule has 1 amide bonds. The Morgan fingerprint density at radius 2 is 1.78 bits per heavy atom. The number of halogens is 2. The normalized spacial score (nSPS) is 10.7. The van der Waals surface area contributed by atoms with Crippen LogP contribution in [0.2, 0.25) is 0 Å². The first-order valence-corrected chi connectivity index (χ1v) is 10.6. The molecule has 0 unspecified atom stereocenters. The van der Waals surface area contributed by atoms with Crippen molar-refractivity contribution >= 4 is 23.4 Å². The lowest BCUT2D eigenvalue weighted by atomic mass is 10.2. The number of thioether (sulfide) groups is 1. The molecule has 0 atom stereocenters. The van der Waals surface area contributed by atoms with Gasteiger partial charge in [-0.05, 0) is 24.3 Å². The van der Waals surface area contributed by atoms with E-state index in [4.69, 9.17) is 4.74 Å². The maximum atomic E-state index is 14.6. The number of nitrogens with one attached hydrogen (secondary N) is 1. The Balaban J connectivity index is 1.63. The van der Waals surface area contributed by atoms with Crippen LogP contribution in [0, 0.1) is 11.6 Å². The largest absolute Gasteiger partial charge is 0.495 e. The molecule has 4 rings (SSSR count). The van der Waals surface area contributed by atoms with Crippen LogP contribution in [0.3, 0.4) is 0 Å². The zero-order chi connectivity index (χ0) is 22.5. The fourth-order valence-electron chi connectivity index (χ4n) is 3.08. The van der Waals surface area contributed by atoms with E-state index < -0.39 is 11.6 Å². The lowest BCUT2D eigenvalue weighted by Gasteiger charge is -2.12. The third-order valence-corrected chi connectivity index (χ3v) is 5.46. The Bertz CT molecular complexity index is 1250. The van der Waals surface area contributed by atoms with Gasteiger partial charge in [0.25, 0.3) is 0 Å². The van der Waals surface area contributed by atoms with Crippen LogP contribution in [0.25, 0.3) is 17.1 Å². The number of anilines is 1. The molecule has 1 heterocycles. The molecular weight excluding hydrogens is 434 g/mol. The number of benzene rings is 3. The van der Waals surface area contributed by atoms with Crippen LogP contribution in [0.4, 0.5) is 14.5 Å². The van der Waals surface area contributed by atoms with Crippen LogP contribution in [0.15, 0.2) is 78.0 Å². The molecule has 0 bridgehead atoms. The number of carbonyl (C=O) groups excluding carboxylic acids is 1. The van der Waals surface area contributed by atoms with Crippen LogP contribution in [0.1, 0.15) is 0 Å². The summed E-state index contributed by atoms with van der Waals surface area (Å²) in [5.41, 5.74) is 1.33. The summed E-state index contributed by atoms with van der Waals surface area (Å²) < 4.78 is 34.8. The van der Waals surface area contributed by atoms with Crippen LogP contribution < -0.4 is 10.1 Å². The monoisotopic (exact) mass is 452 g/mol. The van der Waals surface area contributed by atoms with Crippen molar-refractivity contribution in [2.24, 2.45) is 0 Å². The van der Waals surface area contributed by atoms with E-state index in [1.807, 2.05) is 30.3 Å². The van der Waals surface area contributed by atoms with Gasteiger partial charge in [-0.15, -0.1) is 10.2 Å². The second kappa shape index (κ2) is 9.61. The van der Waals surface area contributed by atoms with Crippen molar-refractivity contribution in [3.63, 3.8) is 0 Å². The Labute approximate surface area is 187 Å². The zero-order valence-corrected chi connectivity index (χ0v) is 17.8. The van der Waals surface area contributed by atoms with Gasteiger partial charge in [-0.2, -0.15) is 0 Å². The SMILES string of the molecule is COc1ccccc1NC(=O)CSc1nnc(-c2ccccc2)n1-c1ccc(F)cc1F. The van der Waals surface area contributed by atoms with Crippen molar-refractivity contribution in [3.8, 4) is 22.8 Å². The Morgan fingerprint density at radius 1 is 1.03 bits per heavy atom. The number of amides is 1. The number of methoxy groups -OCH3 is 1. The van der Waals surface area contributed by atoms with Crippen LogP contribution in [-0.2, 0) is 4.79 Å². The quantitative estimate of drug-likeness (QED) is 0.402. The summed E-state index contributed by atoms with van der Waals surface area (Å²) in [7, 11) is 1.52. The fourth-order valence-corrected chi connectivity index (χ4v) is 3.83. The summed E-state index contributed by atoms with van der Waals surface area (Å²) in [4.78, 5) is 12.5. The average molecular weight is 452 g/mol. The number of carbonyl (C=O) groups is 1. The summed E-state index contributed by atoms with van der Waals surface area (Å²) in [5.74, 6) is -0.839. The van der Waals surface area contributed by atoms with E-state index in [2.05, 4.69) is 15.5 Å². The van der Waals surface area contributed by atoms with Gasteiger partial charge in [-0.3, -0.25) is 9.36 Å². The molecule has 0 saturated heterocycles. The fraction of sp³-hybridized carbons (Fsp3) is 0.0870. The molecule has 162 valence electrons. The van der Waals surface area contributed by atoms with Gasteiger partial charge in [0.1, 0.15) is 17.4 Å². The Morgan fingerprint density at radius 3 is 2.53 bits per heavy atom. The highest BCUT2D eigenvalue weighted by molar-refractivity contribution is 7.99. The number of ether oxygens (including phenoxy) is 1. The second-order valence-electron chi connectivity index (χ2n) is 6.64. The molecule has 0 saturated carbocycles. The van der Waals surface area contributed by atoms with Crippen LogP contribution in [0.5, 0.6) is 5.75 Å². The molecule has 4 aromatic rings. The second-order valence-corrected chi connectivity index (χ2v) is 7.58. The molecule has 0 fully saturated rings. The number of rotatable bonds is 7. The van der Waals surface area contributed by atoms with Gasteiger partial charge in [0.15, 0.2) is 11.0 Å². The van der Waals surface area contributed by atoms with E-state index >= 15 is 0 Å². The number of aromatic nitrogens is 3. The van der Waals surface area contributed by atoms with E-state index in [1.54, 1.807) is 24.3 Å². The van der Waals surface area contributed by atoms with Crippen molar-refractivity contribution in [3.05, 3.63) is 84.4 Å².